The molecule has 1 fully saturated rings. The second-order valence-electron chi connectivity index (χ2n) is 9.02. The highest BCUT2D eigenvalue weighted by atomic mass is 32.2. The fourth-order valence-electron chi connectivity index (χ4n) is 5.11. The summed E-state index contributed by atoms with van der Waals surface area (Å²) >= 11 is 2.33. The molecule has 1 aromatic heterocycles. The predicted octanol–water partition coefficient (Wildman–Crippen LogP) is 5.08. The number of amides is 2. The maximum Gasteiger partial charge on any atom is 0.338 e. The molecule has 190 valence electrons. The minimum atomic E-state index is -0.677. The average Bonchev–Trinajstić information content (AvgIpc) is 3.43. The largest absolute Gasteiger partial charge is 0.462 e. The maximum atomic E-state index is 13.9. The van der Waals surface area contributed by atoms with E-state index in [2.05, 4.69) is 4.98 Å². The van der Waals surface area contributed by atoms with Crippen LogP contribution in [0.3, 0.4) is 0 Å². The summed E-state index contributed by atoms with van der Waals surface area (Å²) in [6.45, 7) is 1.98. The van der Waals surface area contributed by atoms with E-state index in [0.717, 1.165) is 32.9 Å². The molecule has 2 amide bonds. The lowest BCUT2D eigenvalue weighted by Gasteiger charge is -2.29. The number of aromatic nitrogens is 1. The lowest BCUT2D eigenvalue weighted by Crippen LogP contribution is -2.32. The lowest BCUT2D eigenvalue weighted by atomic mass is 9.82. The van der Waals surface area contributed by atoms with Crippen molar-refractivity contribution in [3.63, 3.8) is 0 Å². The van der Waals surface area contributed by atoms with Crippen LogP contribution in [-0.2, 0) is 14.3 Å². The smallest absolute Gasteiger partial charge is 0.338 e. The third kappa shape index (κ3) is 4.08. The molecule has 0 bridgehead atoms. The third-order valence-electron chi connectivity index (χ3n) is 6.84. The first-order valence-electron chi connectivity index (χ1n) is 12.2. The van der Waals surface area contributed by atoms with Gasteiger partial charge in [0.15, 0.2) is 0 Å². The molecule has 7 nitrogen and oxygen atoms in total. The fourth-order valence-corrected chi connectivity index (χ4v) is 7.62. The Morgan fingerprint density at radius 3 is 2.26 bits per heavy atom. The summed E-state index contributed by atoms with van der Waals surface area (Å²) in [7, 11) is 0. The standard InChI is InChI=1S/C29H22N2O5S2/c1-2-36-28(34)19-12-14-20(15-13-19)31-26(32)22-21(23-25(30-29(35)38-23)37-24(22)27(31)33)18-10-8-17(9-11-18)16-6-4-3-5-7-16/h3-15,21-22,24H,2H2,1H3,(H,30,35). The summed E-state index contributed by atoms with van der Waals surface area (Å²) in [5, 5.41) is -0.0390. The van der Waals surface area contributed by atoms with Crippen molar-refractivity contribution in [3.05, 3.63) is 105 Å². The number of hydrogen-bond acceptors (Lipinski definition) is 7. The molecule has 4 aromatic rings. The molecule has 2 aliphatic heterocycles. The van der Waals surface area contributed by atoms with E-state index in [0.29, 0.717) is 16.3 Å². The number of rotatable bonds is 5. The maximum absolute atomic E-state index is 13.9. The van der Waals surface area contributed by atoms with Crippen molar-refractivity contribution in [1.29, 1.82) is 0 Å². The molecule has 3 aromatic carbocycles. The van der Waals surface area contributed by atoms with E-state index in [-0.39, 0.29) is 23.3 Å². The quantitative estimate of drug-likeness (QED) is 0.279. The number of H-pyrrole nitrogens is 1. The molecule has 1 saturated heterocycles. The molecule has 38 heavy (non-hydrogen) atoms. The van der Waals surface area contributed by atoms with Crippen LogP contribution in [0.1, 0.15) is 33.6 Å². The fraction of sp³-hybridized carbons (Fsp3) is 0.172. The van der Waals surface area contributed by atoms with E-state index in [9.17, 15) is 19.2 Å². The van der Waals surface area contributed by atoms with Gasteiger partial charge in [-0.15, -0.1) is 0 Å². The van der Waals surface area contributed by atoms with Crippen LogP contribution in [0, 0.1) is 5.92 Å². The van der Waals surface area contributed by atoms with Crippen molar-refractivity contribution in [2.24, 2.45) is 5.92 Å². The van der Waals surface area contributed by atoms with Gasteiger partial charge in [0.05, 0.1) is 28.8 Å². The van der Waals surface area contributed by atoms with Crippen molar-refractivity contribution >= 4 is 46.6 Å². The highest BCUT2D eigenvalue weighted by Crippen LogP contribution is 2.53. The molecular formula is C29H22N2O5S2. The van der Waals surface area contributed by atoms with Gasteiger partial charge in [0.25, 0.3) is 0 Å². The van der Waals surface area contributed by atoms with E-state index < -0.39 is 23.1 Å². The number of imide groups is 1. The summed E-state index contributed by atoms with van der Waals surface area (Å²) < 4.78 is 5.03. The van der Waals surface area contributed by atoms with Gasteiger partial charge in [-0.05, 0) is 47.9 Å². The Balaban J connectivity index is 1.37. The highest BCUT2D eigenvalue weighted by molar-refractivity contribution is 8.00. The van der Waals surface area contributed by atoms with Gasteiger partial charge >= 0.3 is 10.8 Å². The molecule has 3 unspecified atom stereocenters. The number of anilines is 1. The highest BCUT2D eigenvalue weighted by Gasteiger charge is 2.56. The van der Waals surface area contributed by atoms with Crippen LogP contribution in [0.15, 0.2) is 88.7 Å². The summed E-state index contributed by atoms with van der Waals surface area (Å²) in [4.78, 5) is 56.5. The van der Waals surface area contributed by atoms with Crippen molar-refractivity contribution in [2.45, 2.75) is 23.1 Å². The first kappa shape index (κ1) is 24.4. The molecule has 6 rings (SSSR count). The van der Waals surface area contributed by atoms with Crippen molar-refractivity contribution in [2.75, 3.05) is 11.5 Å². The number of nitrogens with one attached hydrogen (secondary N) is 1. The normalized spacial score (nSPS) is 20.2. The zero-order valence-corrected chi connectivity index (χ0v) is 21.9. The topological polar surface area (TPSA) is 96.5 Å². The second kappa shape index (κ2) is 9.74. The number of hydrogen-bond donors (Lipinski definition) is 1. The van der Waals surface area contributed by atoms with Crippen LogP contribution >= 0.6 is 23.1 Å². The Bertz CT molecular complexity index is 1590. The number of carbonyl (C=O) groups excluding carboxylic acids is 3. The number of esters is 1. The van der Waals surface area contributed by atoms with Crippen LogP contribution in [0.25, 0.3) is 11.1 Å². The second-order valence-corrected chi connectivity index (χ2v) is 11.2. The zero-order chi connectivity index (χ0) is 26.4. The van der Waals surface area contributed by atoms with Crippen LogP contribution in [-0.4, -0.2) is 34.6 Å². The summed E-state index contributed by atoms with van der Waals surface area (Å²) in [5.74, 6) is -2.23. The molecular weight excluding hydrogens is 520 g/mol. The van der Waals surface area contributed by atoms with Gasteiger partial charge < -0.3 is 9.72 Å². The van der Waals surface area contributed by atoms with Gasteiger partial charge in [-0.3, -0.25) is 14.4 Å². The van der Waals surface area contributed by atoms with Crippen LogP contribution in [0.4, 0.5) is 5.69 Å². The molecule has 1 N–H and O–H groups in total. The molecule has 9 heteroatoms. The number of aromatic amines is 1. The number of fused-ring (bicyclic) bond motifs is 2. The number of thiazole rings is 1. The SMILES string of the molecule is CCOC(=O)c1ccc(N2C(=O)C3Sc4[nH]c(=O)sc4C(c4ccc(-c5ccccc5)cc4)C3C2=O)cc1. The number of nitrogens with zero attached hydrogens (tertiary/aromatic N) is 1. The Hall–Kier alpha value is -3.95. The first-order valence-corrected chi connectivity index (χ1v) is 13.9. The third-order valence-corrected chi connectivity index (χ3v) is 9.24. The minimum absolute atomic E-state index is 0.209. The Labute approximate surface area is 226 Å². The van der Waals surface area contributed by atoms with Gasteiger partial charge in [0.1, 0.15) is 5.25 Å². The molecule has 0 aliphatic carbocycles. The van der Waals surface area contributed by atoms with Gasteiger partial charge in [-0.1, -0.05) is 77.7 Å². The lowest BCUT2D eigenvalue weighted by molar-refractivity contribution is -0.122. The molecule has 3 heterocycles. The Morgan fingerprint density at radius 1 is 0.895 bits per heavy atom. The first-order chi connectivity index (χ1) is 18.5. The molecule has 0 radical (unpaired) electrons. The Kier molecular flexibility index (Phi) is 6.25. The summed E-state index contributed by atoms with van der Waals surface area (Å²) in [5.41, 5.74) is 3.73. The summed E-state index contributed by atoms with van der Waals surface area (Å²) in [6.07, 6.45) is 0. The predicted molar refractivity (Wildman–Crippen MR) is 147 cm³/mol. The van der Waals surface area contributed by atoms with E-state index in [1.165, 1.54) is 16.7 Å². The van der Waals surface area contributed by atoms with Gasteiger partial charge in [0, 0.05) is 10.8 Å². The van der Waals surface area contributed by atoms with Crippen LogP contribution < -0.4 is 9.77 Å². The molecule has 0 spiro atoms. The molecule has 3 atom stereocenters. The Morgan fingerprint density at radius 2 is 1.58 bits per heavy atom. The molecule has 2 aliphatic rings. The van der Waals surface area contributed by atoms with E-state index >= 15 is 0 Å². The van der Waals surface area contributed by atoms with Crippen LogP contribution in [0.2, 0.25) is 0 Å². The summed E-state index contributed by atoms with van der Waals surface area (Å²) in [6, 6.07) is 24.2. The number of carbonyl (C=O) groups is 3. The van der Waals surface area contributed by atoms with E-state index in [1.54, 1.807) is 31.2 Å². The van der Waals surface area contributed by atoms with Gasteiger partial charge in [0.2, 0.25) is 11.8 Å². The zero-order valence-electron chi connectivity index (χ0n) is 20.2. The van der Waals surface area contributed by atoms with Crippen LogP contribution in [0.5, 0.6) is 0 Å². The van der Waals surface area contributed by atoms with Gasteiger partial charge in [-0.25, -0.2) is 9.69 Å². The molecule has 0 saturated carbocycles. The number of ether oxygens (including phenoxy) is 1. The van der Waals surface area contributed by atoms with Crippen molar-refractivity contribution in [3.8, 4) is 11.1 Å². The minimum Gasteiger partial charge on any atom is -0.462 e. The number of benzene rings is 3. The van der Waals surface area contributed by atoms with Gasteiger partial charge in [-0.2, -0.15) is 0 Å². The van der Waals surface area contributed by atoms with Crippen molar-refractivity contribution in [1.82, 2.24) is 4.98 Å². The van der Waals surface area contributed by atoms with E-state index in [4.69, 9.17) is 4.74 Å². The van der Waals surface area contributed by atoms with E-state index in [1.807, 2.05) is 54.6 Å². The monoisotopic (exact) mass is 542 g/mol. The number of thioether (sulfide) groups is 1. The average molecular weight is 543 g/mol. The van der Waals surface area contributed by atoms with Crippen molar-refractivity contribution < 1.29 is 19.1 Å².